The van der Waals surface area contributed by atoms with Crippen LogP contribution < -0.4 is 15.5 Å². The minimum absolute atomic E-state index is 0.706. The highest BCUT2D eigenvalue weighted by Crippen LogP contribution is 2.14. The van der Waals surface area contributed by atoms with E-state index in [2.05, 4.69) is 72.6 Å². The van der Waals surface area contributed by atoms with E-state index in [0.29, 0.717) is 11.7 Å². The molecule has 0 fully saturated rings. The van der Waals surface area contributed by atoms with Crippen molar-refractivity contribution in [3.8, 4) is 0 Å². The topological polar surface area (TPSA) is 46.3 Å². The predicted molar refractivity (Wildman–Crippen MR) is 107 cm³/mol. The van der Waals surface area contributed by atoms with Crippen LogP contribution >= 0.6 is 12.2 Å². The number of aromatic nitrogens is 2. The molecule has 0 saturated carbocycles. The van der Waals surface area contributed by atoms with Crippen molar-refractivity contribution in [1.29, 1.82) is 0 Å². The molecule has 0 spiro atoms. The number of thiocarbonyl (C=S) groups is 1. The summed E-state index contributed by atoms with van der Waals surface area (Å²) in [5, 5.41) is 12.0. The Morgan fingerprint density at radius 3 is 2.56 bits per heavy atom. The molecule has 1 heterocycles. The van der Waals surface area contributed by atoms with E-state index in [9.17, 15) is 0 Å². The zero-order chi connectivity index (χ0) is 18.2. The predicted octanol–water partition coefficient (Wildman–Crippen LogP) is 1.05. The molecule has 3 N–H and O–H groups in total. The van der Waals surface area contributed by atoms with E-state index in [1.165, 1.54) is 21.7 Å². The van der Waals surface area contributed by atoms with Gasteiger partial charge in [0, 0.05) is 30.8 Å². The largest absolute Gasteiger partial charge is 0.363 e. The zero-order valence-corrected chi connectivity index (χ0v) is 16.5. The molecule has 5 nitrogen and oxygen atoms in total. The fourth-order valence-corrected chi connectivity index (χ4v) is 2.95. The van der Waals surface area contributed by atoms with Gasteiger partial charge in [-0.3, -0.25) is 4.68 Å². The fourth-order valence-electron chi connectivity index (χ4n) is 2.78. The molecular weight excluding hydrogens is 330 g/mol. The highest BCUT2D eigenvalue weighted by atomic mass is 32.1. The SMILES string of the molecule is Cc1nn(Cc2ccccc2)c(C)c1CNC(=S)NCCC[NH+](C)C. The van der Waals surface area contributed by atoms with E-state index in [1.807, 2.05) is 6.07 Å². The number of nitrogens with one attached hydrogen (secondary N) is 3. The summed E-state index contributed by atoms with van der Waals surface area (Å²) in [4.78, 5) is 1.46. The summed E-state index contributed by atoms with van der Waals surface area (Å²) in [6, 6.07) is 10.4. The normalized spacial score (nSPS) is 10.9. The van der Waals surface area contributed by atoms with E-state index in [4.69, 9.17) is 12.2 Å². The highest BCUT2D eigenvalue weighted by molar-refractivity contribution is 7.80. The van der Waals surface area contributed by atoms with E-state index in [-0.39, 0.29) is 0 Å². The van der Waals surface area contributed by atoms with Gasteiger partial charge >= 0.3 is 0 Å². The van der Waals surface area contributed by atoms with Crippen LogP contribution in [-0.2, 0) is 13.1 Å². The molecule has 25 heavy (non-hydrogen) atoms. The second kappa shape index (κ2) is 9.53. The minimum atomic E-state index is 0.706. The molecule has 6 heteroatoms. The lowest BCUT2D eigenvalue weighted by Gasteiger charge is -2.12. The number of quaternary nitrogens is 1. The molecule has 0 saturated heterocycles. The molecule has 0 aliphatic carbocycles. The van der Waals surface area contributed by atoms with E-state index < -0.39 is 0 Å². The average molecular weight is 361 g/mol. The Morgan fingerprint density at radius 2 is 1.88 bits per heavy atom. The van der Waals surface area contributed by atoms with Crippen LogP contribution in [0.3, 0.4) is 0 Å². The summed E-state index contributed by atoms with van der Waals surface area (Å²) in [6.45, 7) is 7.72. The van der Waals surface area contributed by atoms with Gasteiger partial charge in [0.25, 0.3) is 0 Å². The van der Waals surface area contributed by atoms with Gasteiger partial charge in [-0.1, -0.05) is 30.3 Å². The fraction of sp³-hybridized carbons (Fsp3) is 0.474. The molecule has 0 aliphatic rings. The van der Waals surface area contributed by atoms with E-state index >= 15 is 0 Å². The molecule has 2 rings (SSSR count). The second-order valence-electron chi connectivity index (χ2n) is 6.71. The smallest absolute Gasteiger partial charge is 0.166 e. The Labute approximate surface area is 156 Å². The molecule has 0 unspecified atom stereocenters. The van der Waals surface area contributed by atoms with Gasteiger partial charge in [-0.15, -0.1) is 0 Å². The summed E-state index contributed by atoms with van der Waals surface area (Å²) in [6.07, 6.45) is 1.11. The first-order chi connectivity index (χ1) is 12.0. The minimum Gasteiger partial charge on any atom is -0.363 e. The van der Waals surface area contributed by atoms with Crippen molar-refractivity contribution in [1.82, 2.24) is 20.4 Å². The van der Waals surface area contributed by atoms with E-state index in [0.717, 1.165) is 31.7 Å². The molecule has 2 aromatic rings. The van der Waals surface area contributed by atoms with Crippen LogP contribution in [0.2, 0.25) is 0 Å². The monoisotopic (exact) mass is 360 g/mol. The Hall–Kier alpha value is -1.92. The third kappa shape index (κ3) is 6.14. The summed E-state index contributed by atoms with van der Waals surface area (Å²) in [5.74, 6) is 0. The molecule has 1 aromatic carbocycles. The summed E-state index contributed by atoms with van der Waals surface area (Å²) in [5.41, 5.74) is 4.72. The van der Waals surface area contributed by atoms with Gasteiger partial charge in [-0.05, 0) is 31.6 Å². The van der Waals surface area contributed by atoms with Crippen molar-refractivity contribution >= 4 is 17.3 Å². The van der Waals surface area contributed by atoms with Gasteiger partial charge in [0.2, 0.25) is 0 Å². The van der Waals surface area contributed by atoms with Crippen LogP contribution in [0.1, 0.15) is 28.9 Å². The molecule has 0 atom stereocenters. The van der Waals surface area contributed by atoms with Crippen LogP contribution in [0.25, 0.3) is 0 Å². The summed E-state index contributed by atoms with van der Waals surface area (Å²) < 4.78 is 2.07. The van der Waals surface area contributed by atoms with Crippen LogP contribution in [0, 0.1) is 13.8 Å². The molecule has 0 bridgehead atoms. The number of aryl methyl sites for hydroxylation is 1. The van der Waals surface area contributed by atoms with Gasteiger partial charge < -0.3 is 15.5 Å². The lowest BCUT2D eigenvalue weighted by atomic mass is 10.2. The third-order valence-electron chi connectivity index (χ3n) is 4.27. The number of hydrogen-bond acceptors (Lipinski definition) is 2. The Kier molecular flexibility index (Phi) is 7.40. The number of rotatable bonds is 8. The van der Waals surface area contributed by atoms with Crippen molar-refractivity contribution in [3.05, 3.63) is 52.8 Å². The van der Waals surface area contributed by atoms with Crippen LogP contribution in [0.4, 0.5) is 0 Å². The Morgan fingerprint density at radius 1 is 1.16 bits per heavy atom. The molecule has 1 aromatic heterocycles. The third-order valence-corrected chi connectivity index (χ3v) is 4.56. The van der Waals surface area contributed by atoms with Crippen LogP contribution in [0.5, 0.6) is 0 Å². The van der Waals surface area contributed by atoms with Crippen molar-refractivity contribution < 1.29 is 4.90 Å². The molecular formula is C19H30N5S+. The van der Waals surface area contributed by atoms with Gasteiger partial charge in [0.15, 0.2) is 5.11 Å². The first kappa shape index (κ1) is 19.4. The van der Waals surface area contributed by atoms with Crippen LogP contribution in [0.15, 0.2) is 30.3 Å². The molecule has 0 radical (unpaired) electrons. The zero-order valence-electron chi connectivity index (χ0n) is 15.7. The first-order valence-electron chi connectivity index (χ1n) is 8.85. The maximum absolute atomic E-state index is 5.37. The number of nitrogens with zero attached hydrogens (tertiary/aromatic N) is 2. The molecule has 0 aliphatic heterocycles. The van der Waals surface area contributed by atoms with E-state index in [1.54, 1.807) is 0 Å². The molecule has 0 amide bonds. The van der Waals surface area contributed by atoms with Gasteiger partial charge in [-0.2, -0.15) is 5.10 Å². The second-order valence-corrected chi connectivity index (χ2v) is 7.12. The first-order valence-corrected chi connectivity index (χ1v) is 9.25. The molecule has 136 valence electrons. The van der Waals surface area contributed by atoms with Crippen molar-refractivity contribution in [2.45, 2.75) is 33.4 Å². The maximum Gasteiger partial charge on any atom is 0.166 e. The highest BCUT2D eigenvalue weighted by Gasteiger charge is 2.12. The Balaban J connectivity index is 1.87. The number of hydrogen-bond donors (Lipinski definition) is 3. The van der Waals surface area contributed by atoms with Gasteiger partial charge in [0.05, 0.1) is 32.9 Å². The van der Waals surface area contributed by atoms with Gasteiger partial charge in [-0.25, -0.2) is 0 Å². The van der Waals surface area contributed by atoms with Crippen molar-refractivity contribution in [2.75, 3.05) is 27.2 Å². The van der Waals surface area contributed by atoms with Gasteiger partial charge in [0.1, 0.15) is 0 Å². The van der Waals surface area contributed by atoms with Crippen molar-refractivity contribution in [3.63, 3.8) is 0 Å². The lowest BCUT2D eigenvalue weighted by Crippen LogP contribution is -3.05. The maximum atomic E-state index is 5.37. The standard InChI is InChI=1S/C19H29N5S/c1-15-18(13-21-19(25)20-11-8-12-23(3)4)16(2)24(22-15)14-17-9-6-5-7-10-17/h5-7,9-10H,8,11-14H2,1-4H3,(H2,20,21,25)/p+1. The summed E-state index contributed by atoms with van der Waals surface area (Å²) >= 11 is 5.37. The quantitative estimate of drug-likeness (QED) is 0.486. The van der Waals surface area contributed by atoms with Crippen molar-refractivity contribution in [2.24, 2.45) is 0 Å². The summed E-state index contributed by atoms with van der Waals surface area (Å²) in [7, 11) is 4.32. The number of benzene rings is 1. The average Bonchev–Trinajstić information content (AvgIpc) is 2.84. The Bertz CT molecular complexity index is 679. The van der Waals surface area contributed by atoms with Crippen LogP contribution in [-0.4, -0.2) is 42.1 Å². The lowest BCUT2D eigenvalue weighted by molar-refractivity contribution is -0.858.